The summed E-state index contributed by atoms with van der Waals surface area (Å²) in [7, 11) is 0. The second-order valence-electron chi connectivity index (χ2n) is 8.09. The van der Waals surface area contributed by atoms with Crippen LogP contribution in [0.3, 0.4) is 0 Å². The van der Waals surface area contributed by atoms with Crippen LogP contribution in [-0.4, -0.2) is 58.2 Å². The average molecular weight is 428 g/mol. The summed E-state index contributed by atoms with van der Waals surface area (Å²) in [6.07, 6.45) is 2.85. The van der Waals surface area contributed by atoms with E-state index < -0.39 is 5.60 Å². The van der Waals surface area contributed by atoms with E-state index in [0.29, 0.717) is 35.0 Å². The van der Waals surface area contributed by atoms with Crippen LogP contribution >= 0.6 is 23.2 Å². The molecule has 2 aliphatic heterocycles. The third-order valence-corrected chi connectivity index (χ3v) is 6.56. The summed E-state index contributed by atoms with van der Waals surface area (Å²) in [4.78, 5) is 26.1. The number of carbonyl (C=O) groups excluding carboxylic acids is 2. The fraction of sp³-hybridized carbons (Fsp3) is 0.579. The number of phenolic OH excluding ortho intramolecular Hbond substituents is 1. The maximum Gasteiger partial charge on any atom is 0.255 e. The molecule has 4 rings (SSSR count). The van der Waals surface area contributed by atoms with Gasteiger partial charge in [0.2, 0.25) is 5.91 Å². The molecular weight excluding hydrogens is 405 g/mol. The number of aromatic hydroxyl groups is 1. The standard InChI is InChI=1S/C19H23Cl2N3O4/c20-12-3-4-14(25)16(17(12)21)13-5-10(7-22-13)6-15(26)24-8-19(28,9-24)18(27)23-11-1-2-11/h3-4,10-11,13,22,25,28H,1-2,5-9H2,(H,23,27)/t10-,13+/m0/s1. The molecule has 28 heavy (non-hydrogen) atoms. The molecule has 0 unspecified atom stereocenters. The first kappa shape index (κ1) is 19.8. The van der Waals surface area contributed by atoms with Crippen molar-refractivity contribution in [1.29, 1.82) is 0 Å². The zero-order valence-electron chi connectivity index (χ0n) is 15.3. The maximum absolute atomic E-state index is 12.5. The first-order chi connectivity index (χ1) is 13.3. The highest BCUT2D eigenvalue weighted by atomic mass is 35.5. The van der Waals surface area contributed by atoms with Crippen LogP contribution < -0.4 is 10.6 Å². The van der Waals surface area contributed by atoms with E-state index in [1.165, 1.54) is 11.0 Å². The Labute approximate surface area is 173 Å². The fourth-order valence-corrected chi connectivity index (χ4v) is 4.36. The highest BCUT2D eigenvalue weighted by Crippen LogP contribution is 2.41. The maximum atomic E-state index is 12.5. The molecule has 2 atom stereocenters. The lowest BCUT2D eigenvalue weighted by Crippen LogP contribution is -2.70. The van der Waals surface area contributed by atoms with E-state index in [-0.39, 0.29) is 48.7 Å². The van der Waals surface area contributed by atoms with Gasteiger partial charge in [-0.3, -0.25) is 9.59 Å². The summed E-state index contributed by atoms with van der Waals surface area (Å²) in [5.41, 5.74) is -0.909. The van der Waals surface area contributed by atoms with Crippen molar-refractivity contribution in [3.63, 3.8) is 0 Å². The van der Waals surface area contributed by atoms with Crippen LogP contribution in [0.4, 0.5) is 0 Å². The molecule has 4 N–H and O–H groups in total. The smallest absolute Gasteiger partial charge is 0.255 e. The second kappa shape index (κ2) is 7.37. The molecule has 2 amide bonds. The summed E-state index contributed by atoms with van der Waals surface area (Å²) in [6.45, 7) is 0.683. The number of phenols is 1. The molecule has 1 aromatic rings. The van der Waals surface area contributed by atoms with Crippen molar-refractivity contribution in [2.45, 2.75) is 43.4 Å². The number of rotatable bonds is 5. The molecule has 2 saturated heterocycles. The van der Waals surface area contributed by atoms with Gasteiger partial charge in [0, 0.05) is 24.1 Å². The molecule has 2 heterocycles. The van der Waals surface area contributed by atoms with Gasteiger partial charge in [-0.05, 0) is 43.9 Å². The quantitative estimate of drug-likeness (QED) is 0.571. The van der Waals surface area contributed by atoms with Crippen molar-refractivity contribution in [3.05, 3.63) is 27.7 Å². The Morgan fingerprint density at radius 1 is 1.29 bits per heavy atom. The van der Waals surface area contributed by atoms with Gasteiger partial charge in [0.25, 0.3) is 5.91 Å². The van der Waals surface area contributed by atoms with Crippen LogP contribution in [0.15, 0.2) is 12.1 Å². The zero-order valence-corrected chi connectivity index (χ0v) is 16.8. The molecule has 0 spiro atoms. The van der Waals surface area contributed by atoms with Crippen molar-refractivity contribution >= 4 is 35.0 Å². The fourth-order valence-electron chi connectivity index (χ4n) is 3.90. The van der Waals surface area contributed by atoms with Crippen molar-refractivity contribution in [2.75, 3.05) is 19.6 Å². The van der Waals surface area contributed by atoms with Crippen LogP contribution in [0.25, 0.3) is 0 Å². The number of nitrogens with zero attached hydrogens (tertiary/aromatic N) is 1. The lowest BCUT2D eigenvalue weighted by molar-refractivity contribution is -0.169. The number of nitrogens with one attached hydrogen (secondary N) is 2. The average Bonchev–Trinajstić information content (AvgIpc) is 3.32. The summed E-state index contributed by atoms with van der Waals surface area (Å²) < 4.78 is 0. The Bertz CT molecular complexity index is 809. The molecule has 3 aliphatic rings. The van der Waals surface area contributed by atoms with E-state index in [4.69, 9.17) is 23.2 Å². The lowest BCUT2D eigenvalue weighted by atomic mass is 9.90. The van der Waals surface area contributed by atoms with Gasteiger partial charge in [-0.2, -0.15) is 0 Å². The summed E-state index contributed by atoms with van der Waals surface area (Å²) in [5.74, 6) is -0.320. The minimum atomic E-state index is -1.46. The molecular formula is C19H23Cl2N3O4. The van der Waals surface area contributed by atoms with E-state index in [9.17, 15) is 19.8 Å². The van der Waals surface area contributed by atoms with Gasteiger partial charge >= 0.3 is 0 Å². The Kier molecular flexibility index (Phi) is 5.20. The van der Waals surface area contributed by atoms with E-state index in [1.54, 1.807) is 6.07 Å². The van der Waals surface area contributed by atoms with E-state index >= 15 is 0 Å². The van der Waals surface area contributed by atoms with Crippen LogP contribution in [0.5, 0.6) is 5.75 Å². The monoisotopic (exact) mass is 427 g/mol. The van der Waals surface area contributed by atoms with Crippen LogP contribution in [0.2, 0.25) is 10.0 Å². The van der Waals surface area contributed by atoms with Gasteiger partial charge in [0.1, 0.15) is 5.75 Å². The largest absolute Gasteiger partial charge is 0.508 e. The third kappa shape index (κ3) is 3.81. The number of benzene rings is 1. The number of likely N-dealkylation sites (tertiary alicyclic amines) is 1. The minimum absolute atomic E-state index is 0.0366. The van der Waals surface area contributed by atoms with Gasteiger partial charge in [-0.15, -0.1) is 0 Å². The molecule has 1 aromatic carbocycles. The van der Waals surface area contributed by atoms with E-state index in [2.05, 4.69) is 10.6 Å². The Balaban J connectivity index is 1.30. The number of halogens is 2. The van der Waals surface area contributed by atoms with Gasteiger partial charge in [0.15, 0.2) is 5.60 Å². The molecule has 0 aromatic heterocycles. The molecule has 3 fully saturated rings. The minimum Gasteiger partial charge on any atom is -0.508 e. The molecule has 7 nitrogen and oxygen atoms in total. The van der Waals surface area contributed by atoms with Gasteiger partial charge in [-0.1, -0.05) is 23.2 Å². The number of hydrogen-bond donors (Lipinski definition) is 4. The second-order valence-corrected chi connectivity index (χ2v) is 8.88. The van der Waals surface area contributed by atoms with Gasteiger partial charge in [-0.25, -0.2) is 0 Å². The van der Waals surface area contributed by atoms with Crippen molar-refractivity contribution in [2.24, 2.45) is 5.92 Å². The number of amides is 2. The zero-order chi connectivity index (χ0) is 20.1. The highest BCUT2D eigenvalue weighted by Gasteiger charge is 2.50. The number of β-amino-alcohol motifs (C(OH)–C–C–N with tert-alkyl or cyclic N) is 1. The topological polar surface area (TPSA) is 102 Å². The van der Waals surface area contributed by atoms with E-state index in [0.717, 1.165) is 12.8 Å². The Morgan fingerprint density at radius 3 is 2.68 bits per heavy atom. The summed E-state index contributed by atoms with van der Waals surface area (Å²) in [6, 6.07) is 3.06. The van der Waals surface area contributed by atoms with Crippen molar-refractivity contribution in [3.8, 4) is 5.75 Å². The van der Waals surface area contributed by atoms with Crippen LogP contribution in [0, 0.1) is 5.92 Å². The first-order valence-corrected chi connectivity index (χ1v) is 10.2. The normalized spacial score (nSPS) is 26.0. The number of carbonyl (C=O) groups is 2. The third-order valence-electron chi connectivity index (χ3n) is 5.74. The van der Waals surface area contributed by atoms with Crippen LogP contribution in [-0.2, 0) is 9.59 Å². The van der Waals surface area contributed by atoms with Crippen molar-refractivity contribution < 1.29 is 19.8 Å². The van der Waals surface area contributed by atoms with E-state index in [1.807, 2.05) is 0 Å². The lowest BCUT2D eigenvalue weighted by Gasteiger charge is -2.45. The number of aliphatic hydroxyl groups is 1. The Hall–Kier alpha value is -1.54. The highest BCUT2D eigenvalue weighted by molar-refractivity contribution is 6.42. The Morgan fingerprint density at radius 2 is 2.00 bits per heavy atom. The molecule has 0 radical (unpaired) electrons. The molecule has 0 bridgehead atoms. The van der Waals surface area contributed by atoms with Crippen molar-refractivity contribution in [1.82, 2.24) is 15.5 Å². The van der Waals surface area contributed by atoms with Gasteiger partial charge in [0.05, 0.1) is 23.1 Å². The molecule has 1 saturated carbocycles. The predicted molar refractivity (Wildman–Crippen MR) is 104 cm³/mol. The summed E-state index contributed by atoms with van der Waals surface area (Å²) in [5, 5.41) is 27.2. The van der Waals surface area contributed by atoms with Gasteiger partial charge < -0.3 is 25.7 Å². The first-order valence-electron chi connectivity index (χ1n) is 9.48. The van der Waals surface area contributed by atoms with Crippen LogP contribution in [0.1, 0.15) is 37.3 Å². The number of hydrogen-bond acceptors (Lipinski definition) is 5. The predicted octanol–water partition coefficient (Wildman–Crippen LogP) is 1.59. The summed E-state index contributed by atoms with van der Waals surface area (Å²) >= 11 is 12.3. The molecule has 1 aliphatic carbocycles. The molecule has 9 heteroatoms. The SMILES string of the molecule is O=C(C[C@H]1CN[C@@H](c2c(O)ccc(Cl)c2Cl)C1)N1CC(O)(C(=O)NC2CC2)C1. The molecule has 152 valence electrons.